The van der Waals surface area contributed by atoms with E-state index in [1.807, 2.05) is 39.0 Å². The molecule has 0 aliphatic carbocycles. The van der Waals surface area contributed by atoms with Crippen molar-refractivity contribution in [1.29, 1.82) is 0 Å². The van der Waals surface area contributed by atoms with Gasteiger partial charge in [0.2, 0.25) is 0 Å². The van der Waals surface area contributed by atoms with Gasteiger partial charge in [-0.1, -0.05) is 17.7 Å². The lowest BCUT2D eigenvalue weighted by Gasteiger charge is -2.12. The first-order valence-corrected chi connectivity index (χ1v) is 8.07. The smallest absolute Gasteiger partial charge is 0.253 e. The predicted molar refractivity (Wildman–Crippen MR) is 94.6 cm³/mol. The van der Waals surface area contributed by atoms with E-state index in [1.165, 1.54) is 5.56 Å². The standard InChI is InChI=1S/C20H22N2O2/c1-13-7-9-17(10-8-13)22-14(2)12-18(16(22)4)20(23)21-15(3)19-6-5-11-24-19/h5-12,15H,1-4H3,(H,21,23)/t15-/m1/s1. The molecule has 0 saturated carbocycles. The Balaban J connectivity index is 1.88. The van der Waals surface area contributed by atoms with Gasteiger partial charge in [-0.15, -0.1) is 0 Å². The van der Waals surface area contributed by atoms with Crippen LogP contribution in [0, 0.1) is 20.8 Å². The monoisotopic (exact) mass is 322 g/mol. The van der Waals surface area contributed by atoms with E-state index in [1.54, 1.807) is 6.26 Å². The molecule has 0 saturated heterocycles. The highest BCUT2D eigenvalue weighted by Gasteiger charge is 2.19. The van der Waals surface area contributed by atoms with Crippen molar-refractivity contribution in [3.8, 4) is 5.69 Å². The number of carbonyl (C=O) groups excluding carboxylic acids is 1. The molecule has 1 aromatic carbocycles. The number of hydrogen-bond donors (Lipinski definition) is 1. The molecule has 0 unspecified atom stereocenters. The van der Waals surface area contributed by atoms with Crippen molar-refractivity contribution in [3.63, 3.8) is 0 Å². The van der Waals surface area contributed by atoms with E-state index in [-0.39, 0.29) is 11.9 Å². The summed E-state index contributed by atoms with van der Waals surface area (Å²) in [5.74, 6) is 0.654. The SMILES string of the molecule is Cc1ccc(-n2c(C)cc(C(=O)N[C@H](C)c3ccco3)c2C)cc1. The molecule has 0 aliphatic rings. The molecule has 2 aromatic heterocycles. The van der Waals surface area contributed by atoms with Crippen molar-refractivity contribution in [1.82, 2.24) is 9.88 Å². The van der Waals surface area contributed by atoms with E-state index in [0.717, 1.165) is 22.8 Å². The molecule has 0 fully saturated rings. The van der Waals surface area contributed by atoms with Gasteiger partial charge in [0.05, 0.1) is 17.9 Å². The van der Waals surface area contributed by atoms with Gasteiger partial charge in [0, 0.05) is 17.1 Å². The average Bonchev–Trinajstić information content (AvgIpc) is 3.17. The minimum absolute atomic E-state index is 0.0923. The fourth-order valence-electron chi connectivity index (χ4n) is 2.97. The molecule has 0 radical (unpaired) electrons. The van der Waals surface area contributed by atoms with E-state index < -0.39 is 0 Å². The van der Waals surface area contributed by atoms with Crippen LogP contribution >= 0.6 is 0 Å². The van der Waals surface area contributed by atoms with Crippen molar-refractivity contribution < 1.29 is 9.21 Å². The zero-order valence-corrected chi connectivity index (χ0v) is 14.5. The lowest BCUT2D eigenvalue weighted by atomic mass is 10.2. The summed E-state index contributed by atoms with van der Waals surface area (Å²) in [6.07, 6.45) is 1.61. The van der Waals surface area contributed by atoms with Crippen LogP contribution in [0.1, 0.15) is 46.0 Å². The molecule has 1 N–H and O–H groups in total. The Hall–Kier alpha value is -2.75. The van der Waals surface area contributed by atoms with Crippen molar-refractivity contribution in [3.05, 3.63) is 77.0 Å². The molecule has 4 nitrogen and oxygen atoms in total. The highest BCUT2D eigenvalue weighted by molar-refractivity contribution is 5.96. The Kier molecular flexibility index (Phi) is 4.30. The van der Waals surface area contributed by atoms with E-state index in [2.05, 4.69) is 41.1 Å². The summed E-state index contributed by atoms with van der Waals surface area (Å²) < 4.78 is 7.45. The summed E-state index contributed by atoms with van der Waals surface area (Å²) in [5, 5.41) is 2.99. The van der Waals surface area contributed by atoms with E-state index in [4.69, 9.17) is 4.42 Å². The van der Waals surface area contributed by atoms with Gasteiger partial charge >= 0.3 is 0 Å². The molecule has 1 amide bonds. The minimum Gasteiger partial charge on any atom is -0.467 e. The quantitative estimate of drug-likeness (QED) is 0.769. The van der Waals surface area contributed by atoms with Gasteiger partial charge in [-0.2, -0.15) is 0 Å². The summed E-state index contributed by atoms with van der Waals surface area (Å²) in [4.78, 5) is 12.7. The van der Waals surface area contributed by atoms with Crippen LogP contribution < -0.4 is 5.32 Å². The molecule has 0 bridgehead atoms. The lowest BCUT2D eigenvalue weighted by molar-refractivity contribution is 0.0935. The molecule has 0 aliphatic heterocycles. The van der Waals surface area contributed by atoms with E-state index in [9.17, 15) is 4.79 Å². The Labute approximate surface area is 142 Å². The number of aromatic nitrogens is 1. The maximum Gasteiger partial charge on any atom is 0.253 e. The van der Waals surface area contributed by atoms with Gasteiger partial charge < -0.3 is 14.3 Å². The van der Waals surface area contributed by atoms with Crippen LogP contribution in [0.3, 0.4) is 0 Å². The maximum atomic E-state index is 12.7. The van der Waals surface area contributed by atoms with Crippen molar-refractivity contribution in [2.75, 3.05) is 0 Å². The Bertz CT molecular complexity index is 843. The summed E-state index contributed by atoms with van der Waals surface area (Å²) in [7, 11) is 0. The topological polar surface area (TPSA) is 47.2 Å². The van der Waals surface area contributed by atoms with E-state index >= 15 is 0 Å². The summed E-state index contributed by atoms with van der Waals surface area (Å²) in [6.45, 7) is 7.96. The van der Waals surface area contributed by atoms with Gasteiger partial charge in [-0.3, -0.25) is 4.79 Å². The first kappa shape index (κ1) is 16.1. The second-order valence-corrected chi connectivity index (χ2v) is 6.17. The Morgan fingerprint density at radius 1 is 1.12 bits per heavy atom. The van der Waals surface area contributed by atoms with Crippen LogP contribution in [0.5, 0.6) is 0 Å². The van der Waals surface area contributed by atoms with Crippen LogP contribution in [0.25, 0.3) is 5.69 Å². The Morgan fingerprint density at radius 3 is 2.46 bits per heavy atom. The molecule has 3 rings (SSSR count). The Morgan fingerprint density at radius 2 is 1.83 bits per heavy atom. The number of rotatable bonds is 4. The predicted octanol–water partition coefficient (Wildman–Crippen LogP) is 4.49. The van der Waals surface area contributed by atoms with Crippen LogP contribution in [-0.2, 0) is 0 Å². The van der Waals surface area contributed by atoms with Crippen molar-refractivity contribution in [2.24, 2.45) is 0 Å². The van der Waals surface area contributed by atoms with Crippen LogP contribution in [-0.4, -0.2) is 10.5 Å². The number of hydrogen-bond acceptors (Lipinski definition) is 2. The van der Waals surface area contributed by atoms with Crippen LogP contribution in [0.15, 0.2) is 53.1 Å². The van der Waals surface area contributed by atoms with Gasteiger partial charge in [0.25, 0.3) is 5.91 Å². The van der Waals surface area contributed by atoms with E-state index in [0.29, 0.717) is 5.56 Å². The van der Waals surface area contributed by atoms with Gasteiger partial charge in [-0.05, 0) is 58.0 Å². The first-order chi connectivity index (χ1) is 11.5. The highest BCUT2D eigenvalue weighted by atomic mass is 16.3. The molecule has 1 atom stereocenters. The number of amides is 1. The normalized spacial score (nSPS) is 12.2. The number of furan rings is 1. The summed E-state index contributed by atoms with van der Waals surface area (Å²) in [6, 6.07) is 13.7. The molecular weight excluding hydrogens is 300 g/mol. The molecule has 124 valence electrons. The largest absolute Gasteiger partial charge is 0.467 e. The number of nitrogens with one attached hydrogen (secondary N) is 1. The third kappa shape index (κ3) is 3.00. The van der Waals surface area contributed by atoms with Crippen molar-refractivity contribution in [2.45, 2.75) is 33.7 Å². The molecule has 3 aromatic rings. The minimum atomic E-state index is -0.171. The molecule has 0 spiro atoms. The maximum absolute atomic E-state index is 12.7. The number of nitrogens with zero attached hydrogens (tertiary/aromatic N) is 1. The third-order valence-electron chi connectivity index (χ3n) is 4.29. The zero-order valence-electron chi connectivity index (χ0n) is 14.5. The average molecular weight is 322 g/mol. The van der Waals surface area contributed by atoms with Gasteiger partial charge in [-0.25, -0.2) is 0 Å². The van der Waals surface area contributed by atoms with Crippen molar-refractivity contribution >= 4 is 5.91 Å². The fraction of sp³-hybridized carbons (Fsp3) is 0.250. The number of benzene rings is 1. The third-order valence-corrected chi connectivity index (χ3v) is 4.29. The fourth-order valence-corrected chi connectivity index (χ4v) is 2.97. The molecule has 2 heterocycles. The van der Waals surface area contributed by atoms with Crippen LogP contribution in [0.4, 0.5) is 0 Å². The second-order valence-electron chi connectivity index (χ2n) is 6.17. The number of aryl methyl sites for hydroxylation is 2. The summed E-state index contributed by atoms with van der Waals surface area (Å²) >= 11 is 0. The lowest BCUT2D eigenvalue weighted by Crippen LogP contribution is -2.26. The highest BCUT2D eigenvalue weighted by Crippen LogP contribution is 2.22. The van der Waals surface area contributed by atoms with Gasteiger partial charge in [0.15, 0.2) is 0 Å². The molecular formula is C20H22N2O2. The molecule has 24 heavy (non-hydrogen) atoms. The zero-order chi connectivity index (χ0) is 17.3. The second kappa shape index (κ2) is 6.40. The molecule has 4 heteroatoms. The first-order valence-electron chi connectivity index (χ1n) is 8.07. The van der Waals surface area contributed by atoms with Crippen LogP contribution in [0.2, 0.25) is 0 Å². The number of carbonyl (C=O) groups is 1. The summed E-state index contributed by atoms with van der Waals surface area (Å²) in [5.41, 5.74) is 4.93. The van der Waals surface area contributed by atoms with Gasteiger partial charge in [0.1, 0.15) is 5.76 Å².